The van der Waals surface area contributed by atoms with Crippen LogP contribution in [0, 0.1) is 10.1 Å². The first-order valence-electron chi connectivity index (χ1n) is 7.43. The average molecular weight is 339 g/mol. The minimum absolute atomic E-state index is 0.0111. The minimum atomic E-state index is -0.505. The Hall–Kier alpha value is -3.48. The quantitative estimate of drug-likeness (QED) is 0.495. The lowest BCUT2D eigenvalue weighted by Crippen LogP contribution is -2.24. The largest absolute Gasteiger partial charge is 0.366 e. The number of likely N-dealkylation sites (N-methyl/N-ethyl adjacent to an activating group) is 1. The van der Waals surface area contributed by atoms with E-state index >= 15 is 0 Å². The van der Waals surface area contributed by atoms with E-state index in [1.165, 1.54) is 23.1 Å². The summed E-state index contributed by atoms with van der Waals surface area (Å²) in [4.78, 5) is 34.8. The van der Waals surface area contributed by atoms with E-state index in [4.69, 9.17) is 5.73 Å². The summed E-state index contributed by atoms with van der Waals surface area (Å²) in [5, 5.41) is 10.6. The third-order valence-electron chi connectivity index (χ3n) is 3.56. The van der Waals surface area contributed by atoms with Crippen LogP contribution in [0.25, 0.3) is 6.08 Å². The fourth-order valence-corrected chi connectivity index (χ4v) is 2.13. The molecule has 0 aliphatic heterocycles. The summed E-state index contributed by atoms with van der Waals surface area (Å²) in [6, 6.07) is 12.6. The number of hydrogen-bond acceptors (Lipinski definition) is 4. The Labute approximate surface area is 144 Å². The number of carbonyl (C=O) groups excluding carboxylic acids is 2. The van der Waals surface area contributed by atoms with E-state index in [0.717, 1.165) is 11.1 Å². The van der Waals surface area contributed by atoms with Gasteiger partial charge in [-0.3, -0.25) is 19.7 Å². The van der Waals surface area contributed by atoms with Crippen LogP contribution in [0.5, 0.6) is 0 Å². The Morgan fingerprint density at radius 3 is 2.24 bits per heavy atom. The molecule has 0 spiro atoms. The van der Waals surface area contributed by atoms with Crippen molar-refractivity contribution in [2.45, 2.75) is 6.54 Å². The number of nitrogens with zero attached hydrogens (tertiary/aromatic N) is 2. The highest BCUT2D eigenvalue weighted by atomic mass is 16.6. The van der Waals surface area contributed by atoms with E-state index in [1.54, 1.807) is 49.5 Å². The highest BCUT2D eigenvalue weighted by molar-refractivity contribution is 5.94. The molecule has 2 aromatic rings. The van der Waals surface area contributed by atoms with Crippen LogP contribution in [0.1, 0.15) is 21.5 Å². The van der Waals surface area contributed by atoms with E-state index in [1.807, 2.05) is 0 Å². The van der Waals surface area contributed by atoms with E-state index in [-0.39, 0.29) is 11.6 Å². The van der Waals surface area contributed by atoms with E-state index in [2.05, 4.69) is 0 Å². The Kier molecular flexibility index (Phi) is 5.62. The molecule has 7 nitrogen and oxygen atoms in total. The van der Waals surface area contributed by atoms with Crippen LogP contribution in [0.15, 0.2) is 54.6 Å². The van der Waals surface area contributed by atoms with Crippen LogP contribution in [-0.2, 0) is 11.3 Å². The van der Waals surface area contributed by atoms with Crippen LogP contribution in [0.2, 0.25) is 0 Å². The van der Waals surface area contributed by atoms with Gasteiger partial charge in [-0.25, -0.2) is 0 Å². The molecule has 0 aliphatic carbocycles. The van der Waals surface area contributed by atoms with Gasteiger partial charge in [-0.15, -0.1) is 0 Å². The van der Waals surface area contributed by atoms with Gasteiger partial charge in [0.1, 0.15) is 0 Å². The van der Waals surface area contributed by atoms with Crippen molar-refractivity contribution >= 4 is 23.6 Å². The normalized spacial score (nSPS) is 10.6. The zero-order valence-corrected chi connectivity index (χ0v) is 13.6. The monoisotopic (exact) mass is 339 g/mol. The predicted molar refractivity (Wildman–Crippen MR) is 93.6 cm³/mol. The lowest BCUT2D eigenvalue weighted by molar-refractivity contribution is -0.384. The second-order valence-electron chi connectivity index (χ2n) is 5.44. The topological polar surface area (TPSA) is 107 Å². The van der Waals surface area contributed by atoms with Gasteiger partial charge >= 0.3 is 0 Å². The van der Waals surface area contributed by atoms with Gasteiger partial charge in [-0.2, -0.15) is 0 Å². The molecule has 2 rings (SSSR count). The first-order valence-corrected chi connectivity index (χ1v) is 7.43. The maximum Gasteiger partial charge on any atom is 0.269 e. The summed E-state index contributed by atoms with van der Waals surface area (Å²) in [6.07, 6.45) is 3.06. The zero-order valence-electron chi connectivity index (χ0n) is 13.6. The average Bonchev–Trinajstić information content (AvgIpc) is 2.60. The number of amides is 2. The number of benzene rings is 2. The smallest absolute Gasteiger partial charge is 0.269 e. The van der Waals surface area contributed by atoms with Gasteiger partial charge in [0.15, 0.2) is 0 Å². The number of nitrogens with two attached hydrogens (primary N) is 1. The molecule has 0 aliphatic rings. The lowest BCUT2D eigenvalue weighted by Gasteiger charge is -2.15. The molecule has 0 bridgehead atoms. The van der Waals surface area contributed by atoms with Crippen molar-refractivity contribution in [3.8, 4) is 0 Å². The zero-order chi connectivity index (χ0) is 18.4. The number of carbonyl (C=O) groups is 2. The van der Waals surface area contributed by atoms with Crippen molar-refractivity contribution in [1.29, 1.82) is 0 Å². The number of non-ortho nitro benzene ring substituents is 1. The van der Waals surface area contributed by atoms with Crippen molar-refractivity contribution in [2.24, 2.45) is 5.73 Å². The van der Waals surface area contributed by atoms with Gasteiger partial charge < -0.3 is 10.6 Å². The molecular formula is C18H17N3O4. The van der Waals surface area contributed by atoms with Crippen LogP contribution >= 0.6 is 0 Å². The van der Waals surface area contributed by atoms with Crippen LogP contribution in [0.4, 0.5) is 5.69 Å². The first-order chi connectivity index (χ1) is 11.9. The molecule has 0 heterocycles. The van der Waals surface area contributed by atoms with E-state index in [0.29, 0.717) is 12.1 Å². The molecule has 0 radical (unpaired) electrons. The number of primary amides is 1. The summed E-state index contributed by atoms with van der Waals surface area (Å²) in [5.41, 5.74) is 7.14. The van der Waals surface area contributed by atoms with Crippen molar-refractivity contribution in [1.82, 2.24) is 4.90 Å². The van der Waals surface area contributed by atoms with Crippen LogP contribution in [-0.4, -0.2) is 28.7 Å². The van der Waals surface area contributed by atoms with Gasteiger partial charge in [0, 0.05) is 37.4 Å². The lowest BCUT2D eigenvalue weighted by atomic mass is 10.1. The standard InChI is InChI=1S/C18H17N3O4/c1-20(12-14-4-9-16(10-5-14)21(24)25)17(22)11-6-13-2-7-15(8-3-13)18(19)23/h2-11H,12H2,1H3,(H2,19,23). The van der Waals surface area contributed by atoms with Gasteiger partial charge in [0.25, 0.3) is 5.69 Å². The molecule has 2 amide bonds. The molecule has 0 saturated heterocycles. The SMILES string of the molecule is CN(Cc1ccc([N+](=O)[O-])cc1)C(=O)C=Cc1ccc(C(N)=O)cc1. The Morgan fingerprint density at radius 2 is 1.72 bits per heavy atom. The Bertz CT molecular complexity index is 811. The maximum atomic E-state index is 12.1. The highest BCUT2D eigenvalue weighted by Crippen LogP contribution is 2.13. The molecule has 2 N–H and O–H groups in total. The predicted octanol–water partition coefficient (Wildman–Crippen LogP) is 2.37. The third-order valence-corrected chi connectivity index (χ3v) is 3.56. The van der Waals surface area contributed by atoms with Gasteiger partial charge in [-0.1, -0.05) is 24.3 Å². The van der Waals surface area contributed by atoms with Gasteiger partial charge in [0.05, 0.1) is 4.92 Å². The second kappa shape index (κ2) is 7.87. The van der Waals surface area contributed by atoms with Crippen molar-refractivity contribution in [3.05, 3.63) is 81.4 Å². The molecule has 0 aromatic heterocycles. The van der Waals surface area contributed by atoms with Crippen molar-refractivity contribution in [3.63, 3.8) is 0 Å². The molecule has 128 valence electrons. The third kappa shape index (κ3) is 5.00. The summed E-state index contributed by atoms with van der Waals surface area (Å²) < 4.78 is 0. The van der Waals surface area contributed by atoms with Gasteiger partial charge in [0.2, 0.25) is 11.8 Å². The summed E-state index contributed by atoms with van der Waals surface area (Å²) in [6.45, 7) is 0.335. The van der Waals surface area contributed by atoms with Crippen LogP contribution in [0.3, 0.4) is 0 Å². The summed E-state index contributed by atoms with van der Waals surface area (Å²) >= 11 is 0. The fourth-order valence-electron chi connectivity index (χ4n) is 2.13. The summed E-state index contributed by atoms with van der Waals surface area (Å²) in [7, 11) is 1.64. The molecule has 25 heavy (non-hydrogen) atoms. The number of nitro benzene ring substituents is 1. The molecule has 0 fully saturated rings. The first kappa shape index (κ1) is 17.9. The van der Waals surface area contributed by atoms with E-state index < -0.39 is 10.8 Å². The molecule has 0 saturated carbocycles. The minimum Gasteiger partial charge on any atom is -0.366 e. The number of nitro groups is 1. The molecule has 0 unspecified atom stereocenters. The Balaban J connectivity index is 1.97. The molecule has 2 aromatic carbocycles. The highest BCUT2D eigenvalue weighted by Gasteiger charge is 2.08. The molecular weight excluding hydrogens is 322 g/mol. The van der Waals surface area contributed by atoms with Gasteiger partial charge in [-0.05, 0) is 29.3 Å². The fraction of sp³-hybridized carbons (Fsp3) is 0.111. The second-order valence-corrected chi connectivity index (χ2v) is 5.44. The number of hydrogen-bond donors (Lipinski definition) is 1. The maximum absolute atomic E-state index is 12.1. The van der Waals surface area contributed by atoms with Crippen molar-refractivity contribution in [2.75, 3.05) is 7.05 Å². The number of rotatable bonds is 6. The summed E-state index contributed by atoms with van der Waals surface area (Å²) in [5.74, 6) is -0.716. The molecule has 0 atom stereocenters. The van der Waals surface area contributed by atoms with Crippen molar-refractivity contribution < 1.29 is 14.5 Å². The Morgan fingerprint density at radius 1 is 1.12 bits per heavy atom. The van der Waals surface area contributed by atoms with Crippen LogP contribution < -0.4 is 5.73 Å². The molecule has 7 heteroatoms. The van der Waals surface area contributed by atoms with E-state index in [9.17, 15) is 19.7 Å².